The molecule has 0 heterocycles. The Hall–Kier alpha value is -2.06. The summed E-state index contributed by atoms with van der Waals surface area (Å²) in [6.45, 7) is 0.599. The average molecular weight is 240 g/mol. The second-order valence-electron chi connectivity index (χ2n) is 3.93. The van der Waals surface area contributed by atoms with Crippen LogP contribution in [0, 0.1) is 0 Å². The molecular formula is C16H16O2. The Morgan fingerprint density at radius 1 is 0.944 bits per heavy atom. The first-order chi connectivity index (χ1) is 8.88. The third-order valence-corrected chi connectivity index (χ3v) is 2.56. The molecule has 0 bridgehead atoms. The fraction of sp³-hybridized carbons (Fsp3) is 0.125. The molecule has 92 valence electrons. The van der Waals surface area contributed by atoms with Crippen LogP contribution < -0.4 is 4.74 Å². The average Bonchev–Trinajstić information content (AvgIpc) is 2.45. The maximum Gasteiger partial charge on any atom is 0.119 e. The molecule has 0 aliphatic carbocycles. The third kappa shape index (κ3) is 3.75. The topological polar surface area (TPSA) is 29.5 Å². The highest BCUT2D eigenvalue weighted by atomic mass is 16.5. The van der Waals surface area contributed by atoms with Crippen molar-refractivity contribution in [2.75, 3.05) is 6.61 Å². The van der Waals surface area contributed by atoms with Gasteiger partial charge in [-0.2, -0.15) is 0 Å². The number of hydrogen-bond donors (Lipinski definition) is 1. The first kappa shape index (κ1) is 12.4. The lowest BCUT2D eigenvalue weighted by atomic mass is 10.2. The molecule has 2 aromatic rings. The lowest BCUT2D eigenvalue weighted by Crippen LogP contribution is -1.93. The largest absolute Gasteiger partial charge is 0.490 e. The van der Waals surface area contributed by atoms with Crippen LogP contribution in [0.5, 0.6) is 5.75 Å². The molecule has 0 aliphatic rings. The second-order valence-corrected chi connectivity index (χ2v) is 3.93. The molecular weight excluding hydrogens is 224 g/mol. The van der Waals surface area contributed by atoms with Gasteiger partial charge >= 0.3 is 0 Å². The lowest BCUT2D eigenvalue weighted by molar-refractivity contribution is 0.281. The summed E-state index contributed by atoms with van der Waals surface area (Å²) in [6, 6.07) is 17.5. The number of aliphatic hydroxyl groups is 1. The van der Waals surface area contributed by atoms with E-state index in [0.717, 1.165) is 16.9 Å². The molecule has 1 N–H and O–H groups in total. The molecule has 0 fully saturated rings. The van der Waals surface area contributed by atoms with Crippen molar-refractivity contribution >= 4 is 6.08 Å². The molecule has 0 amide bonds. The van der Waals surface area contributed by atoms with Crippen molar-refractivity contribution in [2.24, 2.45) is 0 Å². The minimum Gasteiger partial charge on any atom is -0.490 e. The Labute approximate surface area is 107 Å². The van der Waals surface area contributed by atoms with Crippen molar-refractivity contribution in [1.82, 2.24) is 0 Å². The molecule has 0 aliphatic heterocycles. The fourth-order valence-electron chi connectivity index (χ4n) is 1.58. The van der Waals surface area contributed by atoms with E-state index in [0.29, 0.717) is 6.61 Å². The zero-order chi connectivity index (χ0) is 12.6. The normalized spacial score (nSPS) is 10.7. The summed E-state index contributed by atoms with van der Waals surface area (Å²) in [4.78, 5) is 0. The molecule has 2 aromatic carbocycles. The van der Waals surface area contributed by atoms with Gasteiger partial charge in [0, 0.05) is 0 Å². The minimum absolute atomic E-state index is 0.0637. The van der Waals surface area contributed by atoms with Crippen LogP contribution in [-0.4, -0.2) is 11.7 Å². The van der Waals surface area contributed by atoms with Gasteiger partial charge in [0.15, 0.2) is 0 Å². The summed E-state index contributed by atoms with van der Waals surface area (Å²) in [6.07, 6.45) is 4.01. The van der Waals surface area contributed by atoms with Gasteiger partial charge < -0.3 is 9.84 Å². The zero-order valence-electron chi connectivity index (χ0n) is 10.1. The molecule has 18 heavy (non-hydrogen) atoms. The van der Waals surface area contributed by atoms with E-state index in [1.165, 1.54) is 0 Å². The van der Waals surface area contributed by atoms with Gasteiger partial charge in [-0.15, -0.1) is 0 Å². The van der Waals surface area contributed by atoms with E-state index in [-0.39, 0.29) is 6.61 Å². The molecule has 2 nitrogen and oxygen atoms in total. The monoisotopic (exact) mass is 240 g/mol. The Morgan fingerprint density at radius 3 is 2.33 bits per heavy atom. The zero-order valence-corrected chi connectivity index (χ0v) is 10.1. The van der Waals surface area contributed by atoms with Crippen molar-refractivity contribution in [1.29, 1.82) is 0 Å². The Morgan fingerprint density at radius 2 is 1.67 bits per heavy atom. The predicted molar refractivity (Wildman–Crippen MR) is 73.3 cm³/mol. The summed E-state index contributed by atoms with van der Waals surface area (Å²) < 4.78 is 5.56. The Kier molecular flexibility index (Phi) is 4.56. The van der Waals surface area contributed by atoms with Gasteiger partial charge in [0.1, 0.15) is 12.4 Å². The van der Waals surface area contributed by atoms with Gasteiger partial charge in [-0.05, 0) is 29.3 Å². The quantitative estimate of drug-likeness (QED) is 0.869. The van der Waals surface area contributed by atoms with Crippen LogP contribution in [-0.2, 0) is 6.61 Å². The van der Waals surface area contributed by atoms with Crippen molar-refractivity contribution in [2.45, 2.75) is 6.61 Å². The third-order valence-electron chi connectivity index (χ3n) is 2.56. The lowest BCUT2D eigenvalue weighted by Gasteiger charge is -2.03. The van der Waals surface area contributed by atoms with E-state index in [2.05, 4.69) is 0 Å². The smallest absolute Gasteiger partial charge is 0.119 e. The molecule has 0 aromatic heterocycles. The van der Waals surface area contributed by atoms with E-state index in [1.54, 1.807) is 0 Å². The summed E-state index contributed by atoms with van der Waals surface area (Å²) in [5.41, 5.74) is 2.05. The summed E-state index contributed by atoms with van der Waals surface area (Å²) in [5.74, 6) is 0.810. The van der Waals surface area contributed by atoms with E-state index in [1.807, 2.05) is 66.7 Å². The van der Waals surface area contributed by atoms with Crippen LogP contribution in [0.2, 0.25) is 0 Å². The number of benzene rings is 2. The molecule has 0 radical (unpaired) electrons. The number of aliphatic hydroxyl groups excluding tert-OH is 1. The molecule has 0 atom stereocenters. The molecule has 2 heteroatoms. The first-order valence-corrected chi connectivity index (χ1v) is 5.92. The van der Waals surface area contributed by atoms with Gasteiger partial charge in [-0.25, -0.2) is 0 Å². The highest BCUT2D eigenvalue weighted by molar-refractivity contribution is 5.48. The van der Waals surface area contributed by atoms with Crippen molar-refractivity contribution in [3.05, 3.63) is 71.8 Å². The highest BCUT2D eigenvalue weighted by Gasteiger charge is 1.92. The number of hydrogen-bond acceptors (Lipinski definition) is 2. The SMILES string of the molecule is OCc1ccc(OC/C=C/c2ccccc2)cc1. The molecule has 0 saturated heterocycles. The molecule has 2 rings (SSSR count). The van der Waals surface area contributed by atoms with Gasteiger partial charge in [0.2, 0.25) is 0 Å². The Balaban J connectivity index is 1.83. The van der Waals surface area contributed by atoms with Gasteiger partial charge in [0.05, 0.1) is 6.61 Å². The maximum absolute atomic E-state index is 8.92. The van der Waals surface area contributed by atoms with Crippen LogP contribution in [0.25, 0.3) is 6.08 Å². The fourth-order valence-corrected chi connectivity index (χ4v) is 1.58. The van der Waals surface area contributed by atoms with Crippen molar-refractivity contribution in [3.63, 3.8) is 0 Å². The second kappa shape index (κ2) is 6.62. The van der Waals surface area contributed by atoms with E-state index in [4.69, 9.17) is 9.84 Å². The van der Waals surface area contributed by atoms with Crippen LogP contribution in [0.3, 0.4) is 0 Å². The minimum atomic E-state index is 0.0637. The summed E-state index contributed by atoms with van der Waals surface area (Å²) in [5, 5.41) is 8.92. The Bertz CT molecular complexity index is 486. The van der Waals surface area contributed by atoms with Crippen LogP contribution >= 0.6 is 0 Å². The standard InChI is InChI=1S/C16H16O2/c17-13-15-8-10-16(11-9-15)18-12-4-7-14-5-2-1-3-6-14/h1-11,17H,12-13H2/b7-4+. The van der Waals surface area contributed by atoms with Crippen LogP contribution in [0.15, 0.2) is 60.7 Å². The van der Waals surface area contributed by atoms with Gasteiger partial charge in [0.25, 0.3) is 0 Å². The van der Waals surface area contributed by atoms with E-state index >= 15 is 0 Å². The summed E-state index contributed by atoms with van der Waals surface area (Å²) in [7, 11) is 0. The van der Waals surface area contributed by atoms with Crippen LogP contribution in [0.4, 0.5) is 0 Å². The molecule has 0 spiro atoms. The maximum atomic E-state index is 8.92. The first-order valence-electron chi connectivity index (χ1n) is 5.92. The van der Waals surface area contributed by atoms with Gasteiger partial charge in [-0.1, -0.05) is 48.5 Å². The predicted octanol–water partition coefficient (Wildman–Crippen LogP) is 3.27. The molecule has 0 saturated carbocycles. The molecule has 0 unspecified atom stereocenters. The number of rotatable bonds is 5. The van der Waals surface area contributed by atoms with Crippen molar-refractivity contribution < 1.29 is 9.84 Å². The summed E-state index contributed by atoms with van der Waals surface area (Å²) >= 11 is 0. The number of ether oxygens (including phenoxy) is 1. The van der Waals surface area contributed by atoms with E-state index < -0.39 is 0 Å². The van der Waals surface area contributed by atoms with E-state index in [9.17, 15) is 0 Å². The van der Waals surface area contributed by atoms with Gasteiger partial charge in [-0.3, -0.25) is 0 Å². The van der Waals surface area contributed by atoms with Crippen LogP contribution in [0.1, 0.15) is 11.1 Å². The van der Waals surface area contributed by atoms with Crippen molar-refractivity contribution in [3.8, 4) is 5.75 Å². The highest BCUT2D eigenvalue weighted by Crippen LogP contribution is 2.12.